The molecule has 0 radical (unpaired) electrons. The highest BCUT2D eigenvalue weighted by Gasteiger charge is 2.30. The van der Waals surface area contributed by atoms with Gasteiger partial charge in [0.25, 0.3) is 0 Å². The number of likely N-dealkylation sites (N-methyl/N-ethyl adjacent to an activating group) is 2. The van der Waals surface area contributed by atoms with Gasteiger partial charge in [-0.2, -0.15) is 0 Å². The molecular formula is C26H36N2O3. The van der Waals surface area contributed by atoms with Crippen LogP contribution in [0.5, 0.6) is 5.75 Å². The Morgan fingerprint density at radius 2 is 1.61 bits per heavy atom. The van der Waals surface area contributed by atoms with Crippen molar-refractivity contribution >= 4 is 5.97 Å². The summed E-state index contributed by atoms with van der Waals surface area (Å²) >= 11 is 0. The highest BCUT2D eigenvalue weighted by atomic mass is 16.5. The van der Waals surface area contributed by atoms with Crippen LogP contribution in [0.1, 0.15) is 44.4 Å². The van der Waals surface area contributed by atoms with Crippen LogP contribution in [0.15, 0.2) is 48.5 Å². The number of ether oxygens (including phenoxy) is 2. The van der Waals surface area contributed by atoms with E-state index in [1.165, 1.54) is 0 Å². The van der Waals surface area contributed by atoms with Crippen molar-refractivity contribution in [3.63, 3.8) is 0 Å². The number of carbonyl (C=O) groups is 1. The number of esters is 1. The second-order valence-corrected chi connectivity index (χ2v) is 8.58. The van der Waals surface area contributed by atoms with Crippen molar-refractivity contribution in [1.82, 2.24) is 10.0 Å². The minimum absolute atomic E-state index is 0.0834. The summed E-state index contributed by atoms with van der Waals surface area (Å²) in [6, 6.07) is 16.2. The van der Waals surface area contributed by atoms with Crippen LogP contribution >= 0.6 is 0 Å². The van der Waals surface area contributed by atoms with E-state index in [1.54, 1.807) is 0 Å². The topological polar surface area (TPSA) is 42.0 Å². The summed E-state index contributed by atoms with van der Waals surface area (Å²) in [7, 11) is 0. The van der Waals surface area contributed by atoms with Crippen molar-refractivity contribution in [1.29, 1.82) is 0 Å². The molecule has 0 atom stereocenters. The Kier molecular flexibility index (Phi) is 8.50. The molecular weight excluding hydrogens is 388 g/mol. The molecule has 0 N–H and O–H groups in total. The van der Waals surface area contributed by atoms with Gasteiger partial charge in [0.2, 0.25) is 0 Å². The van der Waals surface area contributed by atoms with Crippen LogP contribution in [0, 0.1) is 5.92 Å². The highest BCUT2D eigenvalue weighted by molar-refractivity contribution is 5.74. The lowest BCUT2D eigenvalue weighted by Crippen LogP contribution is -2.35. The fourth-order valence-corrected chi connectivity index (χ4v) is 4.17. The first-order chi connectivity index (χ1) is 15.0. The maximum Gasteiger partial charge on any atom is 0.310 e. The van der Waals surface area contributed by atoms with Crippen LogP contribution in [0.4, 0.5) is 0 Å². The zero-order valence-electron chi connectivity index (χ0n) is 19.3. The van der Waals surface area contributed by atoms with E-state index >= 15 is 0 Å². The van der Waals surface area contributed by atoms with Crippen LogP contribution in [-0.4, -0.2) is 48.3 Å². The van der Waals surface area contributed by atoms with Gasteiger partial charge in [0.05, 0.1) is 19.5 Å². The maximum absolute atomic E-state index is 12.8. The molecule has 0 saturated carbocycles. The van der Waals surface area contributed by atoms with E-state index in [2.05, 4.69) is 55.9 Å². The van der Waals surface area contributed by atoms with Crippen LogP contribution in [-0.2, 0) is 29.0 Å². The standard InChI is InChI=1S/C26H36N2O3/c1-5-27-17-24(18-28(27)6-2)31-25(29)16-23-14-10-13-22(15-20(3)4)26(23)30-19-21-11-8-7-9-12-21/h7-14,20,24H,5-6,15-19H2,1-4H3. The molecule has 1 fully saturated rings. The third kappa shape index (κ3) is 6.55. The average Bonchev–Trinajstić information content (AvgIpc) is 3.15. The summed E-state index contributed by atoms with van der Waals surface area (Å²) in [4.78, 5) is 12.8. The van der Waals surface area contributed by atoms with Gasteiger partial charge in [-0.3, -0.25) is 4.79 Å². The van der Waals surface area contributed by atoms with Crippen molar-refractivity contribution in [3.8, 4) is 5.75 Å². The molecule has 0 bridgehead atoms. The monoisotopic (exact) mass is 424 g/mol. The van der Waals surface area contributed by atoms with E-state index < -0.39 is 0 Å². The number of hydrazine groups is 1. The van der Waals surface area contributed by atoms with Gasteiger partial charge in [-0.25, -0.2) is 10.0 Å². The lowest BCUT2D eigenvalue weighted by Gasteiger charge is -2.23. The summed E-state index contributed by atoms with van der Waals surface area (Å²) in [5.74, 6) is 1.14. The SMILES string of the molecule is CCN1CC(OC(=O)Cc2cccc(CC(C)C)c2OCc2ccccc2)CN1CC. The van der Waals surface area contributed by atoms with Crippen molar-refractivity contribution in [2.75, 3.05) is 26.2 Å². The van der Waals surface area contributed by atoms with Gasteiger partial charge in [0.1, 0.15) is 18.5 Å². The molecule has 0 aliphatic carbocycles. The molecule has 168 valence electrons. The molecule has 0 amide bonds. The summed E-state index contributed by atoms with van der Waals surface area (Å²) in [6.45, 7) is 12.5. The zero-order chi connectivity index (χ0) is 22.2. The van der Waals surface area contributed by atoms with Gasteiger partial charge in [0.15, 0.2) is 0 Å². The molecule has 1 aliphatic heterocycles. The van der Waals surface area contributed by atoms with E-state index in [0.29, 0.717) is 12.5 Å². The number of benzene rings is 2. The lowest BCUT2D eigenvalue weighted by molar-refractivity contribution is -0.147. The second-order valence-electron chi connectivity index (χ2n) is 8.58. The smallest absolute Gasteiger partial charge is 0.310 e. The number of para-hydroxylation sites is 1. The minimum Gasteiger partial charge on any atom is -0.488 e. The molecule has 5 heteroatoms. The Labute approximate surface area is 186 Å². The van der Waals surface area contributed by atoms with Gasteiger partial charge in [-0.15, -0.1) is 0 Å². The predicted octanol–water partition coefficient (Wildman–Crippen LogP) is 4.49. The minimum atomic E-state index is -0.190. The number of rotatable bonds is 10. The number of nitrogens with zero attached hydrogens (tertiary/aromatic N) is 2. The van der Waals surface area contributed by atoms with E-state index in [1.807, 2.05) is 30.3 Å². The van der Waals surface area contributed by atoms with E-state index in [-0.39, 0.29) is 18.5 Å². The third-order valence-corrected chi connectivity index (χ3v) is 5.62. The molecule has 31 heavy (non-hydrogen) atoms. The Hall–Kier alpha value is -2.37. The van der Waals surface area contributed by atoms with E-state index in [0.717, 1.165) is 55.0 Å². The Balaban J connectivity index is 1.71. The van der Waals surface area contributed by atoms with Crippen LogP contribution in [0.3, 0.4) is 0 Å². The third-order valence-electron chi connectivity index (χ3n) is 5.62. The van der Waals surface area contributed by atoms with Crippen LogP contribution in [0.2, 0.25) is 0 Å². The molecule has 1 aliphatic rings. The average molecular weight is 425 g/mol. The molecule has 0 unspecified atom stereocenters. The van der Waals surface area contributed by atoms with Crippen LogP contribution in [0.25, 0.3) is 0 Å². The molecule has 2 aromatic carbocycles. The fraction of sp³-hybridized carbons (Fsp3) is 0.500. The lowest BCUT2D eigenvalue weighted by atomic mass is 9.98. The van der Waals surface area contributed by atoms with Gasteiger partial charge in [0, 0.05) is 18.7 Å². The van der Waals surface area contributed by atoms with Crippen LogP contribution < -0.4 is 4.74 Å². The van der Waals surface area contributed by atoms with Gasteiger partial charge in [-0.05, 0) is 23.5 Å². The molecule has 3 rings (SSSR count). The van der Waals surface area contributed by atoms with Crippen molar-refractivity contribution in [2.45, 2.75) is 53.2 Å². The Bertz CT molecular complexity index is 826. The van der Waals surface area contributed by atoms with Gasteiger partial charge >= 0.3 is 5.97 Å². The molecule has 0 spiro atoms. The Morgan fingerprint density at radius 1 is 0.968 bits per heavy atom. The van der Waals surface area contributed by atoms with Gasteiger partial charge in [-0.1, -0.05) is 76.2 Å². The number of carbonyl (C=O) groups excluding carboxylic acids is 1. The highest BCUT2D eigenvalue weighted by Crippen LogP contribution is 2.28. The largest absolute Gasteiger partial charge is 0.488 e. The predicted molar refractivity (Wildman–Crippen MR) is 124 cm³/mol. The normalized spacial score (nSPS) is 15.5. The molecule has 5 nitrogen and oxygen atoms in total. The number of hydrogen-bond donors (Lipinski definition) is 0. The van der Waals surface area contributed by atoms with Crippen molar-refractivity contribution < 1.29 is 14.3 Å². The summed E-state index contributed by atoms with van der Waals surface area (Å²) in [6.07, 6.45) is 1.05. The second kappa shape index (κ2) is 11.3. The summed E-state index contributed by atoms with van der Waals surface area (Å²) in [5.41, 5.74) is 3.16. The first-order valence-electron chi connectivity index (χ1n) is 11.5. The summed E-state index contributed by atoms with van der Waals surface area (Å²) < 4.78 is 12.1. The van der Waals surface area contributed by atoms with E-state index in [4.69, 9.17) is 9.47 Å². The fourth-order valence-electron chi connectivity index (χ4n) is 4.17. The summed E-state index contributed by atoms with van der Waals surface area (Å²) in [5, 5.41) is 4.49. The molecule has 1 saturated heterocycles. The zero-order valence-corrected chi connectivity index (χ0v) is 19.3. The molecule has 2 aromatic rings. The van der Waals surface area contributed by atoms with Gasteiger partial charge < -0.3 is 9.47 Å². The maximum atomic E-state index is 12.8. The number of hydrogen-bond acceptors (Lipinski definition) is 5. The Morgan fingerprint density at radius 3 is 2.23 bits per heavy atom. The van der Waals surface area contributed by atoms with Crippen molar-refractivity contribution in [3.05, 3.63) is 65.2 Å². The molecule has 1 heterocycles. The first kappa shape index (κ1) is 23.3. The van der Waals surface area contributed by atoms with E-state index in [9.17, 15) is 4.79 Å². The molecule has 0 aromatic heterocycles. The first-order valence-corrected chi connectivity index (χ1v) is 11.5. The quantitative estimate of drug-likeness (QED) is 0.526. The van der Waals surface area contributed by atoms with Crippen molar-refractivity contribution in [2.24, 2.45) is 5.92 Å².